The highest BCUT2D eigenvalue weighted by molar-refractivity contribution is 6.93. The van der Waals surface area contributed by atoms with E-state index in [4.69, 9.17) is 0 Å². The van der Waals surface area contributed by atoms with Crippen molar-refractivity contribution < 1.29 is 0 Å². The van der Waals surface area contributed by atoms with Crippen molar-refractivity contribution in [3.05, 3.63) is 11.8 Å². The van der Waals surface area contributed by atoms with E-state index in [1.54, 1.807) is 0 Å². The minimum absolute atomic E-state index is 0.362. The lowest BCUT2D eigenvalue weighted by molar-refractivity contribution is 0.703. The first-order valence-corrected chi connectivity index (χ1v) is 16.0. The van der Waals surface area contributed by atoms with Crippen molar-refractivity contribution in [2.45, 2.75) is 91.2 Å². The fraction of sp³-hybridized carbons (Fsp3) is 0.875. The number of rotatable bonds is 6. The summed E-state index contributed by atoms with van der Waals surface area (Å²) in [4.78, 5) is 0. The Labute approximate surface area is 138 Å². The molecule has 0 saturated carbocycles. The van der Waals surface area contributed by atoms with Gasteiger partial charge in [-0.2, -0.15) is 0 Å². The number of hydrogen-bond acceptors (Lipinski definition) is 2. The molecule has 0 aliphatic carbocycles. The van der Waals surface area contributed by atoms with Crippen LogP contribution >= 0.6 is 0 Å². The molecule has 0 amide bonds. The molecule has 0 aromatic carbocycles. The Hall–Kier alpha value is 0.311. The van der Waals surface area contributed by atoms with Crippen molar-refractivity contribution in [1.29, 1.82) is 0 Å². The van der Waals surface area contributed by atoms with Crippen molar-refractivity contribution in [3.63, 3.8) is 0 Å². The molecule has 126 valence electrons. The Bertz CT molecular complexity index is 335. The Morgan fingerprint density at radius 3 is 1.33 bits per heavy atom. The van der Waals surface area contributed by atoms with E-state index in [9.17, 15) is 0 Å². The van der Waals surface area contributed by atoms with E-state index in [-0.39, 0.29) is 0 Å². The molecule has 2 nitrogen and oxygen atoms in total. The van der Waals surface area contributed by atoms with E-state index < -0.39 is 25.6 Å². The average molecular weight is 345 g/mol. The maximum absolute atomic E-state index is 4.39. The van der Waals surface area contributed by atoms with Crippen LogP contribution in [0, 0.1) is 0 Å². The van der Waals surface area contributed by atoms with Crippen LogP contribution in [-0.2, 0) is 0 Å². The Balaban J connectivity index is 5.32. The summed E-state index contributed by atoms with van der Waals surface area (Å²) in [6, 6.07) is 0. The van der Waals surface area contributed by atoms with Crippen LogP contribution in [0.15, 0.2) is 11.8 Å². The zero-order chi connectivity index (χ0) is 17.3. The van der Waals surface area contributed by atoms with Crippen molar-refractivity contribution in [2.75, 3.05) is 0 Å². The minimum atomic E-state index is -1.50. The van der Waals surface area contributed by atoms with Gasteiger partial charge in [0, 0.05) is 0 Å². The highest BCUT2D eigenvalue weighted by Gasteiger charge is 2.42. The zero-order valence-electron chi connectivity index (χ0n) is 16.5. The van der Waals surface area contributed by atoms with Crippen LogP contribution in [0.1, 0.15) is 54.9 Å². The second-order valence-corrected chi connectivity index (χ2v) is 23.0. The largest absolute Gasteiger partial charge is 0.346 e. The molecule has 0 fully saturated rings. The van der Waals surface area contributed by atoms with Gasteiger partial charge in [0.05, 0.1) is 0 Å². The van der Waals surface area contributed by atoms with E-state index in [0.29, 0.717) is 10.1 Å². The molecule has 0 spiro atoms. The van der Waals surface area contributed by atoms with Crippen LogP contribution in [0.2, 0.25) is 36.3 Å². The molecule has 0 rings (SSSR count). The van der Waals surface area contributed by atoms with Gasteiger partial charge in [-0.3, -0.25) is 0 Å². The molecular weight excluding hydrogens is 304 g/mol. The van der Waals surface area contributed by atoms with Crippen LogP contribution in [0.5, 0.6) is 0 Å². The Morgan fingerprint density at radius 1 is 0.857 bits per heavy atom. The quantitative estimate of drug-likeness (QED) is 0.669. The van der Waals surface area contributed by atoms with E-state index in [0.717, 1.165) is 6.42 Å². The fourth-order valence-corrected chi connectivity index (χ4v) is 13.8. The lowest BCUT2D eigenvalue weighted by Gasteiger charge is -2.45. The van der Waals surface area contributed by atoms with Gasteiger partial charge in [-0.1, -0.05) is 79.9 Å². The minimum Gasteiger partial charge on any atom is -0.346 e. The van der Waals surface area contributed by atoms with E-state index in [1.807, 2.05) is 0 Å². The second kappa shape index (κ2) is 6.83. The van der Waals surface area contributed by atoms with Crippen molar-refractivity contribution in [3.8, 4) is 0 Å². The molecule has 5 heteroatoms. The standard InChI is InChI=1S/C16H40N2Si3/c1-13-14(2)19(17-20(9,10)15(3,4)5)18-21(11,12)16(6,7)8/h17-19H,2,13H2,1,3-12H3. The molecule has 0 atom stereocenters. The third-order valence-electron chi connectivity index (χ3n) is 5.62. The molecule has 0 bridgehead atoms. The van der Waals surface area contributed by atoms with Crippen LogP contribution < -0.4 is 9.30 Å². The molecule has 0 aromatic heterocycles. The maximum Gasteiger partial charge on any atom is 0.199 e. The summed E-state index contributed by atoms with van der Waals surface area (Å²) in [5.74, 6) is 0. The summed E-state index contributed by atoms with van der Waals surface area (Å²) in [5, 5.41) is 2.15. The lowest BCUT2D eigenvalue weighted by atomic mass is 10.2. The molecule has 2 N–H and O–H groups in total. The van der Waals surface area contributed by atoms with Gasteiger partial charge in [-0.15, -0.1) is 6.58 Å². The first kappa shape index (κ1) is 21.3. The van der Waals surface area contributed by atoms with Gasteiger partial charge in [0.1, 0.15) is 16.5 Å². The first-order chi connectivity index (χ1) is 9.05. The van der Waals surface area contributed by atoms with Gasteiger partial charge >= 0.3 is 0 Å². The number of hydrogen-bond donors (Lipinski definition) is 2. The summed E-state index contributed by atoms with van der Waals surface area (Å²) >= 11 is 0. The fourth-order valence-electron chi connectivity index (χ4n) is 1.60. The smallest absolute Gasteiger partial charge is 0.199 e. The lowest BCUT2D eigenvalue weighted by Crippen LogP contribution is -2.69. The summed E-state index contributed by atoms with van der Waals surface area (Å²) in [7, 11) is -4.34. The summed E-state index contributed by atoms with van der Waals surface area (Å²) in [5.41, 5.74) is 0. The molecule has 0 heterocycles. The van der Waals surface area contributed by atoms with Gasteiger partial charge in [-0.25, -0.2) is 0 Å². The Morgan fingerprint density at radius 2 is 1.14 bits per heavy atom. The van der Waals surface area contributed by atoms with Crippen LogP contribution in [-0.4, -0.2) is 25.6 Å². The van der Waals surface area contributed by atoms with E-state index in [2.05, 4.69) is 90.5 Å². The van der Waals surface area contributed by atoms with Crippen molar-refractivity contribution in [2.24, 2.45) is 0 Å². The van der Waals surface area contributed by atoms with Gasteiger partial charge in [0.25, 0.3) is 0 Å². The van der Waals surface area contributed by atoms with Crippen LogP contribution in [0.4, 0.5) is 0 Å². The maximum atomic E-state index is 4.39. The highest BCUT2D eigenvalue weighted by Crippen LogP contribution is 2.36. The molecule has 0 aromatic rings. The average Bonchev–Trinajstić information content (AvgIpc) is 2.23. The molecule has 0 saturated heterocycles. The van der Waals surface area contributed by atoms with Gasteiger partial charge in [0.15, 0.2) is 9.12 Å². The van der Waals surface area contributed by atoms with Gasteiger partial charge in [0.2, 0.25) is 0 Å². The number of allylic oxidation sites excluding steroid dienone is 1. The van der Waals surface area contributed by atoms with Crippen LogP contribution in [0.25, 0.3) is 0 Å². The third-order valence-corrected chi connectivity index (χ3v) is 22.4. The van der Waals surface area contributed by atoms with Crippen molar-refractivity contribution in [1.82, 2.24) is 9.30 Å². The summed E-state index contributed by atoms with van der Waals surface area (Å²) in [6.07, 6.45) is 1.08. The molecule has 0 aliphatic rings. The monoisotopic (exact) mass is 344 g/mol. The zero-order valence-corrected chi connectivity index (χ0v) is 19.6. The molecule has 0 radical (unpaired) electrons. The summed E-state index contributed by atoms with van der Waals surface area (Å²) in [6.45, 7) is 30.7. The predicted molar refractivity (Wildman–Crippen MR) is 107 cm³/mol. The molecule has 21 heavy (non-hydrogen) atoms. The van der Waals surface area contributed by atoms with Crippen LogP contribution in [0.3, 0.4) is 0 Å². The van der Waals surface area contributed by atoms with E-state index in [1.165, 1.54) is 5.20 Å². The highest BCUT2D eigenvalue weighted by atomic mass is 28.4. The predicted octanol–water partition coefficient (Wildman–Crippen LogP) is 4.90. The molecule has 0 aliphatic heterocycles. The van der Waals surface area contributed by atoms with E-state index >= 15 is 0 Å². The topological polar surface area (TPSA) is 24.1 Å². The number of nitrogens with one attached hydrogen (secondary N) is 2. The molecular formula is C16H40N2Si3. The van der Waals surface area contributed by atoms with Crippen molar-refractivity contribution >= 4 is 25.6 Å². The second-order valence-electron chi connectivity index (χ2n) is 9.48. The van der Waals surface area contributed by atoms with Gasteiger partial charge in [-0.05, 0) is 16.5 Å². The Kier molecular flexibility index (Phi) is 6.93. The SMILES string of the molecule is C=C(CC)[SiH](N[Si](C)(C)C(C)(C)C)N[Si](C)(C)C(C)(C)C. The first-order valence-electron chi connectivity index (χ1n) is 8.28. The normalized spacial score (nSPS) is 14.7. The molecule has 0 unspecified atom stereocenters. The van der Waals surface area contributed by atoms with Gasteiger partial charge < -0.3 is 9.30 Å². The summed E-state index contributed by atoms with van der Waals surface area (Å²) < 4.78 is 8.23. The third kappa shape index (κ3) is 5.78.